The largest absolute Gasteiger partial charge is 0.490 e. The Kier molecular flexibility index (Phi) is 7.95. The van der Waals surface area contributed by atoms with Gasteiger partial charge in [0, 0.05) is 0 Å². The van der Waals surface area contributed by atoms with E-state index in [1.54, 1.807) is 30.3 Å². The summed E-state index contributed by atoms with van der Waals surface area (Å²) in [5.41, 5.74) is 1.44. The van der Waals surface area contributed by atoms with Gasteiger partial charge in [0.1, 0.15) is 0 Å². The molecule has 0 saturated heterocycles. The van der Waals surface area contributed by atoms with E-state index >= 15 is 0 Å². The highest BCUT2D eigenvalue weighted by molar-refractivity contribution is 6.33. The summed E-state index contributed by atoms with van der Waals surface area (Å²) >= 11 is 6.05. The number of carbonyl (C=O) groups excluding carboxylic acids is 2. The first kappa shape index (κ1) is 20.6. The number of esters is 1. The zero-order chi connectivity index (χ0) is 19.6. The molecule has 0 radical (unpaired) electrons. The normalized spacial score (nSPS) is 10.2. The van der Waals surface area contributed by atoms with E-state index in [0.717, 1.165) is 12.0 Å². The van der Waals surface area contributed by atoms with Crippen LogP contribution in [0.1, 0.15) is 18.9 Å². The molecule has 0 aliphatic rings. The third-order valence-corrected chi connectivity index (χ3v) is 3.73. The first-order valence-electron chi connectivity index (χ1n) is 8.56. The molecule has 2 aromatic rings. The molecule has 0 aliphatic carbocycles. The van der Waals surface area contributed by atoms with Crippen LogP contribution in [0.3, 0.4) is 0 Å². The Labute approximate surface area is 163 Å². The molecule has 0 atom stereocenters. The summed E-state index contributed by atoms with van der Waals surface area (Å²) in [6, 6.07) is 12.3. The summed E-state index contributed by atoms with van der Waals surface area (Å²) in [6.45, 7) is 3.68. The maximum Gasteiger partial charge on any atom is 0.344 e. The molecule has 0 aromatic heterocycles. The van der Waals surface area contributed by atoms with E-state index in [-0.39, 0.29) is 6.61 Å². The van der Waals surface area contributed by atoms with E-state index in [2.05, 4.69) is 5.32 Å². The monoisotopic (exact) mass is 391 g/mol. The van der Waals surface area contributed by atoms with Crippen molar-refractivity contribution in [1.29, 1.82) is 0 Å². The number of nitrogens with one attached hydrogen (secondary N) is 1. The van der Waals surface area contributed by atoms with Gasteiger partial charge in [0.2, 0.25) is 0 Å². The molecule has 6 nitrogen and oxygen atoms in total. The van der Waals surface area contributed by atoms with Crippen LogP contribution in [-0.2, 0) is 14.3 Å². The second-order valence-electron chi connectivity index (χ2n) is 5.78. The molecule has 0 bridgehead atoms. The third-order valence-electron chi connectivity index (χ3n) is 3.42. The van der Waals surface area contributed by atoms with E-state index in [0.29, 0.717) is 28.8 Å². The minimum Gasteiger partial charge on any atom is -0.490 e. The van der Waals surface area contributed by atoms with Crippen molar-refractivity contribution in [3.8, 4) is 11.5 Å². The van der Waals surface area contributed by atoms with Crippen molar-refractivity contribution in [3.63, 3.8) is 0 Å². The second-order valence-corrected chi connectivity index (χ2v) is 6.18. The maximum atomic E-state index is 11.9. The second kappa shape index (κ2) is 10.4. The van der Waals surface area contributed by atoms with Crippen LogP contribution in [-0.4, -0.2) is 31.7 Å². The molecule has 0 spiro atoms. The molecular formula is C20H22ClNO5. The molecule has 7 heteroatoms. The third kappa shape index (κ3) is 6.83. The molecule has 27 heavy (non-hydrogen) atoms. The summed E-state index contributed by atoms with van der Waals surface area (Å²) in [7, 11) is 0. The van der Waals surface area contributed by atoms with Crippen LogP contribution in [0.2, 0.25) is 5.02 Å². The average molecular weight is 392 g/mol. The lowest BCUT2D eigenvalue weighted by Gasteiger charge is -2.12. The Morgan fingerprint density at radius 1 is 1.04 bits per heavy atom. The van der Waals surface area contributed by atoms with Crippen LogP contribution in [0, 0.1) is 6.92 Å². The fraction of sp³-hybridized carbons (Fsp3) is 0.300. The number of hydrogen-bond acceptors (Lipinski definition) is 5. The van der Waals surface area contributed by atoms with Crippen molar-refractivity contribution in [2.45, 2.75) is 20.3 Å². The van der Waals surface area contributed by atoms with Gasteiger partial charge in [-0.3, -0.25) is 4.79 Å². The van der Waals surface area contributed by atoms with Gasteiger partial charge in [0.15, 0.2) is 24.7 Å². The van der Waals surface area contributed by atoms with Gasteiger partial charge in [-0.2, -0.15) is 0 Å². The van der Waals surface area contributed by atoms with Crippen molar-refractivity contribution in [2.24, 2.45) is 0 Å². The number of carbonyl (C=O) groups is 2. The number of benzene rings is 2. The fourth-order valence-electron chi connectivity index (χ4n) is 2.13. The highest BCUT2D eigenvalue weighted by Gasteiger charge is 2.12. The molecule has 2 rings (SSSR count). The Morgan fingerprint density at radius 3 is 2.41 bits per heavy atom. The lowest BCUT2D eigenvalue weighted by atomic mass is 10.2. The number of aryl methyl sites for hydroxylation is 1. The zero-order valence-electron chi connectivity index (χ0n) is 15.3. The van der Waals surface area contributed by atoms with E-state index in [9.17, 15) is 9.59 Å². The van der Waals surface area contributed by atoms with Crippen LogP contribution in [0.25, 0.3) is 0 Å². The predicted molar refractivity (Wildman–Crippen MR) is 104 cm³/mol. The first-order valence-corrected chi connectivity index (χ1v) is 8.93. The van der Waals surface area contributed by atoms with Gasteiger partial charge in [0.05, 0.1) is 17.3 Å². The van der Waals surface area contributed by atoms with Gasteiger partial charge >= 0.3 is 5.97 Å². The van der Waals surface area contributed by atoms with Crippen LogP contribution < -0.4 is 14.8 Å². The van der Waals surface area contributed by atoms with Crippen LogP contribution in [0.15, 0.2) is 42.5 Å². The number of para-hydroxylation sites is 2. The molecule has 0 aliphatic heterocycles. The summed E-state index contributed by atoms with van der Waals surface area (Å²) < 4.78 is 15.9. The Balaban J connectivity index is 1.78. The molecule has 0 fully saturated rings. The number of hydrogen-bond donors (Lipinski definition) is 1. The van der Waals surface area contributed by atoms with E-state index in [1.807, 2.05) is 26.0 Å². The molecular weight excluding hydrogens is 370 g/mol. The van der Waals surface area contributed by atoms with Crippen LogP contribution in [0.5, 0.6) is 11.5 Å². The van der Waals surface area contributed by atoms with Crippen molar-refractivity contribution < 1.29 is 23.8 Å². The number of anilines is 1. The van der Waals surface area contributed by atoms with Gasteiger partial charge < -0.3 is 19.5 Å². The lowest BCUT2D eigenvalue weighted by molar-refractivity contribution is -0.149. The lowest BCUT2D eigenvalue weighted by Crippen LogP contribution is -2.23. The van der Waals surface area contributed by atoms with E-state index < -0.39 is 18.5 Å². The highest BCUT2D eigenvalue weighted by atomic mass is 35.5. The maximum absolute atomic E-state index is 11.9. The first-order chi connectivity index (χ1) is 13.0. The van der Waals surface area contributed by atoms with Crippen molar-refractivity contribution in [1.82, 2.24) is 0 Å². The summed E-state index contributed by atoms with van der Waals surface area (Å²) in [6.07, 6.45) is 0.858. The average Bonchev–Trinajstić information content (AvgIpc) is 2.66. The molecule has 0 saturated carbocycles. The summed E-state index contributed by atoms with van der Waals surface area (Å²) in [5.74, 6) is -0.149. The summed E-state index contributed by atoms with van der Waals surface area (Å²) in [4.78, 5) is 23.7. The Morgan fingerprint density at radius 2 is 1.74 bits per heavy atom. The standard InChI is InChI=1S/C20H22ClNO5/c1-3-10-25-17-6-4-5-7-18(17)26-13-20(24)27-12-19(23)22-16-9-8-14(2)11-15(16)21/h4-9,11H,3,10,12-13H2,1-2H3,(H,22,23). The number of halogens is 1. The molecule has 2 aromatic carbocycles. The molecule has 1 N–H and O–H groups in total. The summed E-state index contributed by atoms with van der Waals surface area (Å²) in [5, 5.41) is 3.01. The van der Waals surface area contributed by atoms with Gasteiger partial charge in [-0.25, -0.2) is 4.79 Å². The van der Waals surface area contributed by atoms with Gasteiger partial charge in [0.25, 0.3) is 5.91 Å². The van der Waals surface area contributed by atoms with Gasteiger partial charge in [-0.05, 0) is 43.2 Å². The topological polar surface area (TPSA) is 73.9 Å². The van der Waals surface area contributed by atoms with Crippen molar-refractivity contribution in [3.05, 3.63) is 53.1 Å². The molecule has 1 amide bonds. The van der Waals surface area contributed by atoms with E-state index in [1.165, 1.54) is 0 Å². The van der Waals surface area contributed by atoms with Gasteiger partial charge in [-0.1, -0.05) is 36.7 Å². The zero-order valence-corrected chi connectivity index (χ0v) is 16.0. The number of amides is 1. The molecule has 144 valence electrons. The van der Waals surface area contributed by atoms with Crippen molar-refractivity contribution in [2.75, 3.05) is 25.1 Å². The van der Waals surface area contributed by atoms with Gasteiger partial charge in [-0.15, -0.1) is 0 Å². The smallest absolute Gasteiger partial charge is 0.344 e. The predicted octanol–water partition coefficient (Wildman–Crippen LogP) is 4.00. The Hall–Kier alpha value is -2.73. The SMILES string of the molecule is CCCOc1ccccc1OCC(=O)OCC(=O)Nc1ccc(C)cc1Cl. The van der Waals surface area contributed by atoms with E-state index in [4.69, 9.17) is 25.8 Å². The van der Waals surface area contributed by atoms with Crippen LogP contribution >= 0.6 is 11.6 Å². The molecule has 0 heterocycles. The number of rotatable bonds is 9. The fourth-order valence-corrected chi connectivity index (χ4v) is 2.42. The van der Waals surface area contributed by atoms with Crippen molar-refractivity contribution >= 4 is 29.2 Å². The molecule has 0 unspecified atom stereocenters. The highest BCUT2D eigenvalue weighted by Crippen LogP contribution is 2.26. The number of ether oxygens (including phenoxy) is 3. The quantitative estimate of drug-likeness (QED) is 0.654. The minimum absolute atomic E-state index is 0.328. The minimum atomic E-state index is -0.662. The van der Waals surface area contributed by atoms with Crippen LogP contribution in [0.4, 0.5) is 5.69 Å². The Bertz CT molecular complexity index is 794.